The van der Waals surface area contributed by atoms with Gasteiger partial charge in [0.2, 0.25) is 5.95 Å². The molecule has 32 heavy (non-hydrogen) atoms. The van der Waals surface area contributed by atoms with Crippen molar-refractivity contribution < 1.29 is 18.8 Å². The number of hydrogen-bond donors (Lipinski definition) is 2. The Morgan fingerprint density at radius 1 is 1.12 bits per heavy atom. The van der Waals surface area contributed by atoms with Crippen LogP contribution in [0, 0.1) is 37.5 Å². The molecule has 2 unspecified atom stereocenters. The van der Waals surface area contributed by atoms with Crippen molar-refractivity contribution in [2.24, 2.45) is 24.8 Å². The Balaban J connectivity index is 1.38. The summed E-state index contributed by atoms with van der Waals surface area (Å²) in [5.74, 6) is -0.472. The van der Waals surface area contributed by atoms with E-state index in [0.717, 1.165) is 31.7 Å². The van der Waals surface area contributed by atoms with Gasteiger partial charge in [0.25, 0.3) is 17.6 Å². The van der Waals surface area contributed by atoms with Crippen LogP contribution in [0.4, 0.5) is 10.1 Å². The summed E-state index contributed by atoms with van der Waals surface area (Å²) in [5, 5.41) is 5.80. The van der Waals surface area contributed by atoms with Gasteiger partial charge in [-0.05, 0) is 81.4 Å². The molecule has 6 rings (SSSR count). The fraction of sp³-hybridized carbons (Fsp3) is 0.500. The van der Waals surface area contributed by atoms with E-state index in [9.17, 15) is 18.8 Å². The molecular weight excluding hydrogens is 411 g/mol. The zero-order valence-electron chi connectivity index (χ0n) is 18.5. The van der Waals surface area contributed by atoms with E-state index in [1.165, 1.54) is 18.7 Å². The molecule has 0 aliphatic heterocycles. The van der Waals surface area contributed by atoms with Gasteiger partial charge in [0, 0.05) is 18.3 Å². The van der Waals surface area contributed by atoms with Crippen molar-refractivity contribution in [3.05, 3.63) is 46.8 Å². The van der Waals surface area contributed by atoms with Gasteiger partial charge in [-0.25, -0.2) is 4.98 Å². The van der Waals surface area contributed by atoms with Gasteiger partial charge in [-0.1, -0.05) is 0 Å². The van der Waals surface area contributed by atoms with Gasteiger partial charge in [0.05, 0.1) is 23.1 Å². The highest BCUT2D eigenvalue weighted by molar-refractivity contribution is 6.43. The zero-order chi connectivity index (χ0) is 22.8. The number of aromatic nitrogens is 2. The van der Waals surface area contributed by atoms with Crippen LogP contribution < -0.4 is 10.6 Å². The largest absolute Gasteiger partial charge is 0.344 e. The van der Waals surface area contributed by atoms with E-state index >= 15 is 0 Å². The lowest BCUT2D eigenvalue weighted by atomic mass is 9.80. The molecule has 2 heterocycles. The molecule has 8 heteroatoms. The molecule has 4 fully saturated rings. The average Bonchev–Trinajstić information content (AvgIpc) is 3.22. The first-order chi connectivity index (χ1) is 15.2. The Hall–Kier alpha value is -3.03. The number of halogens is 1. The Labute approximate surface area is 185 Å². The Morgan fingerprint density at radius 2 is 1.81 bits per heavy atom. The number of hydrogen-bond acceptors (Lipinski definition) is 4. The van der Waals surface area contributed by atoms with Crippen molar-refractivity contribution in [1.82, 2.24) is 14.9 Å². The number of Topliss-reactive ketones (excluding diaryl/α,β-unsaturated/α-hetero) is 1. The second-order valence-electron chi connectivity index (χ2n) is 9.80. The molecule has 4 aliphatic carbocycles. The van der Waals surface area contributed by atoms with Crippen LogP contribution in [0.15, 0.2) is 18.3 Å². The van der Waals surface area contributed by atoms with Crippen molar-refractivity contribution in [1.29, 1.82) is 0 Å². The molecule has 0 saturated heterocycles. The molecule has 0 radical (unpaired) electrons. The Kier molecular flexibility index (Phi) is 4.72. The molecule has 0 aromatic carbocycles. The third-order valence-corrected chi connectivity index (χ3v) is 7.92. The molecule has 2 aromatic heterocycles. The fourth-order valence-electron chi connectivity index (χ4n) is 6.67. The van der Waals surface area contributed by atoms with E-state index in [2.05, 4.69) is 15.6 Å². The number of pyridine rings is 1. The molecule has 4 bridgehead atoms. The third kappa shape index (κ3) is 3.15. The van der Waals surface area contributed by atoms with Crippen molar-refractivity contribution in [3.63, 3.8) is 0 Å². The highest BCUT2D eigenvalue weighted by Crippen LogP contribution is 2.60. The molecular formula is C24H27FN4O3. The second-order valence-corrected chi connectivity index (χ2v) is 9.80. The fourth-order valence-corrected chi connectivity index (χ4v) is 6.67. The van der Waals surface area contributed by atoms with Crippen LogP contribution in [-0.4, -0.2) is 32.7 Å². The zero-order valence-corrected chi connectivity index (χ0v) is 18.5. The van der Waals surface area contributed by atoms with Gasteiger partial charge in [-0.2, -0.15) is 4.39 Å². The number of nitrogens with one attached hydrogen (secondary N) is 2. The predicted octanol–water partition coefficient (Wildman–Crippen LogP) is 3.31. The van der Waals surface area contributed by atoms with Crippen LogP contribution in [0.5, 0.6) is 0 Å². The number of carbonyl (C=O) groups excluding carboxylic acids is 3. The molecule has 4 saturated carbocycles. The minimum atomic E-state index is -0.641. The quantitative estimate of drug-likeness (QED) is 0.426. The summed E-state index contributed by atoms with van der Waals surface area (Å²) in [6.45, 7) is 3.41. The number of ketones is 1. The van der Waals surface area contributed by atoms with Crippen LogP contribution in [0.1, 0.15) is 64.2 Å². The van der Waals surface area contributed by atoms with Crippen molar-refractivity contribution in [3.8, 4) is 0 Å². The summed E-state index contributed by atoms with van der Waals surface area (Å²) in [6, 6.07) is 2.57. The number of rotatable bonds is 5. The summed E-state index contributed by atoms with van der Waals surface area (Å²) in [7, 11) is 1.68. The number of carbonyl (C=O) groups is 3. The highest BCUT2D eigenvalue weighted by atomic mass is 19.1. The van der Waals surface area contributed by atoms with E-state index in [-0.39, 0.29) is 11.2 Å². The maximum Gasteiger partial charge on any atom is 0.294 e. The normalized spacial score (nSPS) is 27.6. The highest BCUT2D eigenvalue weighted by Gasteiger charge is 2.58. The van der Waals surface area contributed by atoms with E-state index in [4.69, 9.17) is 0 Å². The summed E-state index contributed by atoms with van der Waals surface area (Å²) in [6.07, 6.45) is 6.71. The lowest BCUT2D eigenvalue weighted by Gasteiger charge is -2.33. The molecule has 168 valence electrons. The van der Waals surface area contributed by atoms with Crippen LogP contribution in [0.3, 0.4) is 0 Å². The molecule has 7 nitrogen and oxygen atoms in total. The van der Waals surface area contributed by atoms with Gasteiger partial charge >= 0.3 is 0 Å². The number of amides is 2. The number of anilines is 1. The SMILES string of the molecule is Cc1c(C(=O)Nc2ccc(F)nc2)c(C)n(C)c1C(=O)C(=O)NC12CC3CC(CC1C3)C2. The van der Waals surface area contributed by atoms with Crippen LogP contribution >= 0.6 is 0 Å². The first-order valence-corrected chi connectivity index (χ1v) is 11.1. The third-order valence-electron chi connectivity index (χ3n) is 7.92. The number of nitrogens with zero attached hydrogens (tertiary/aromatic N) is 2. The molecule has 2 amide bonds. The molecule has 2 atom stereocenters. The average molecular weight is 439 g/mol. The maximum atomic E-state index is 13.2. The van der Waals surface area contributed by atoms with Crippen LogP contribution in [0.25, 0.3) is 0 Å². The van der Waals surface area contributed by atoms with Crippen molar-refractivity contribution >= 4 is 23.3 Å². The topological polar surface area (TPSA) is 93.1 Å². The van der Waals surface area contributed by atoms with Crippen LogP contribution in [0.2, 0.25) is 0 Å². The first-order valence-electron chi connectivity index (χ1n) is 11.1. The van der Waals surface area contributed by atoms with E-state index in [0.29, 0.717) is 40.3 Å². The van der Waals surface area contributed by atoms with E-state index in [1.54, 1.807) is 25.5 Å². The summed E-state index contributed by atoms with van der Waals surface area (Å²) in [4.78, 5) is 42.7. The van der Waals surface area contributed by atoms with Crippen molar-refractivity contribution in [2.75, 3.05) is 5.32 Å². The first kappa shape index (κ1) is 20.8. The summed E-state index contributed by atoms with van der Waals surface area (Å²) in [5.41, 5.74) is 1.68. The summed E-state index contributed by atoms with van der Waals surface area (Å²) >= 11 is 0. The van der Waals surface area contributed by atoms with Gasteiger partial charge in [0.1, 0.15) is 0 Å². The van der Waals surface area contributed by atoms with Crippen LogP contribution in [-0.2, 0) is 11.8 Å². The minimum Gasteiger partial charge on any atom is -0.344 e. The minimum absolute atomic E-state index is 0.219. The van der Waals surface area contributed by atoms with Crippen molar-refractivity contribution in [2.45, 2.75) is 51.5 Å². The standard InChI is InChI=1S/C24H27FN4O3/c1-12-19(22(31)27-17-4-5-18(25)26-11-17)13(2)29(3)20(12)21(30)23(32)28-24-9-14-6-15(10-24)8-16(24)7-14/h4-5,11,14-16H,6-10H2,1-3H3,(H,27,31)(H,28,32). The van der Waals surface area contributed by atoms with E-state index in [1.807, 2.05) is 0 Å². The Bertz CT molecular complexity index is 1120. The smallest absolute Gasteiger partial charge is 0.294 e. The molecule has 2 aromatic rings. The maximum absolute atomic E-state index is 13.2. The van der Waals surface area contributed by atoms with Gasteiger partial charge in [-0.3, -0.25) is 14.4 Å². The van der Waals surface area contributed by atoms with Gasteiger partial charge in [-0.15, -0.1) is 0 Å². The van der Waals surface area contributed by atoms with E-state index < -0.39 is 23.5 Å². The van der Waals surface area contributed by atoms with Gasteiger partial charge in [0.15, 0.2) is 0 Å². The summed E-state index contributed by atoms with van der Waals surface area (Å²) < 4.78 is 14.6. The van der Waals surface area contributed by atoms with Gasteiger partial charge < -0.3 is 15.2 Å². The predicted molar refractivity (Wildman–Crippen MR) is 116 cm³/mol. The Morgan fingerprint density at radius 3 is 2.44 bits per heavy atom. The second kappa shape index (κ2) is 7.25. The molecule has 0 spiro atoms. The lowest BCUT2D eigenvalue weighted by Crippen LogP contribution is -2.51. The monoisotopic (exact) mass is 438 g/mol. The molecule has 4 aliphatic rings. The lowest BCUT2D eigenvalue weighted by molar-refractivity contribution is -0.119. The molecule has 2 N–H and O–H groups in total.